The van der Waals surface area contributed by atoms with Crippen LogP contribution in [0.3, 0.4) is 0 Å². The summed E-state index contributed by atoms with van der Waals surface area (Å²) >= 11 is 3.22. The predicted molar refractivity (Wildman–Crippen MR) is 123 cm³/mol. The zero-order valence-corrected chi connectivity index (χ0v) is 19.1. The van der Waals surface area contributed by atoms with Crippen molar-refractivity contribution >= 4 is 39.4 Å². The van der Waals surface area contributed by atoms with Crippen molar-refractivity contribution in [1.82, 2.24) is 10.8 Å². The summed E-state index contributed by atoms with van der Waals surface area (Å²) in [5.74, 6) is -2.89. The molecule has 1 fully saturated rings. The van der Waals surface area contributed by atoms with Crippen LogP contribution in [0.1, 0.15) is 40.4 Å². The molecule has 0 radical (unpaired) electrons. The quantitative estimate of drug-likeness (QED) is 0.124. The minimum atomic E-state index is -2.32. The van der Waals surface area contributed by atoms with Crippen LogP contribution in [0.4, 0.5) is 0 Å². The zero-order chi connectivity index (χ0) is 24.2. The van der Waals surface area contributed by atoms with E-state index in [0.29, 0.717) is 16.5 Å². The van der Waals surface area contributed by atoms with E-state index in [-0.39, 0.29) is 23.9 Å². The largest absolute Gasteiger partial charge is 0.479 e. The van der Waals surface area contributed by atoms with E-state index in [9.17, 15) is 19.5 Å². The van der Waals surface area contributed by atoms with E-state index in [1.807, 2.05) is 12.1 Å². The van der Waals surface area contributed by atoms with Crippen molar-refractivity contribution in [3.05, 3.63) is 69.7 Å². The Bertz CT molecular complexity index is 1080. The van der Waals surface area contributed by atoms with Gasteiger partial charge in [0.25, 0.3) is 0 Å². The first-order valence-corrected chi connectivity index (χ1v) is 10.8. The second-order valence-corrected chi connectivity index (χ2v) is 8.60. The molecule has 174 valence electrons. The standard InChI is InChI=1S/C22H24BrN5O5/c23-16-4-2-1-3-15(16)19(30)22(26,21(31)32)11-27-18(29)10-14-9-17(28-33-14)12-5-7-13(8-6-12)20(24)25/h1-8,14,17,28H,9-11,26H2,(H3,24,25)(H,27,29)(H,31,32)/t14-,17+,22+/m1/s1. The highest BCUT2D eigenvalue weighted by atomic mass is 79.9. The lowest BCUT2D eigenvalue weighted by Crippen LogP contribution is -2.61. The highest BCUT2D eigenvalue weighted by Gasteiger charge is 2.43. The van der Waals surface area contributed by atoms with Crippen molar-refractivity contribution in [2.45, 2.75) is 30.5 Å². The molecule has 2 aromatic carbocycles. The van der Waals surface area contributed by atoms with Crippen LogP contribution in [0.2, 0.25) is 0 Å². The van der Waals surface area contributed by atoms with Gasteiger partial charge in [-0.05, 0) is 18.1 Å². The highest BCUT2D eigenvalue weighted by molar-refractivity contribution is 9.10. The van der Waals surface area contributed by atoms with Crippen molar-refractivity contribution in [3.63, 3.8) is 0 Å². The van der Waals surface area contributed by atoms with Gasteiger partial charge in [0.1, 0.15) is 5.84 Å². The molecule has 1 aliphatic rings. The molecule has 11 heteroatoms. The summed E-state index contributed by atoms with van der Waals surface area (Å²) < 4.78 is 0.408. The van der Waals surface area contributed by atoms with Crippen LogP contribution in [0.25, 0.3) is 0 Å². The molecule has 0 saturated carbocycles. The van der Waals surface area contributed by atoms with Crippen molar-refractivity contribution in [2.75, 3.05) is 6.54 Å². The number of Topliss-reactive ketones (excluding diaryl/α,β-unsaturated/α-hetero) is 1. The predicted octanol–water partition coefficient (Wildman–Crippen LogP) is 1.24. The van der Waals surface area contributed by atoms with Gasteiger partial charge in [-0.15, -0.1) is 0 Å². The van der Waals surface area contributed by atoms with E-state index in [0.717, 1.165) is 5.56 Å². The zero-order valence-electron chi connectivity index (χ0n) is 17.5. The van der Waals surface area contributed by atoms with Crippen molar-refractivity contribution in [2.24, 2.45) is 11.5 Å². The number of hydrogen-bond donors (Lipinski definition) is 6. The molecule has 1 saturated heterocycles. The smallest absolute Gasteiger partial charge is 0.333 e. The number of ketones is 1. The number of hydrogen-bond acceptors (Lipinski definition) is 7. The van der Waals surface area contributed by atoms with Gasteiger partial charge in [0, 0.05) is 15.6 Å². The molecule has 1 amide bonds. The summed E-state index contributed by atoms with van der Waals surface area (Å²) in [6.45, 7) is -0.572. The Hall–Kier alpha value is -3.12. The molecular weight excluding hydrogens is 494 g/mol. The molecule has 0 aromatic heterocycles. The lowest BCUT2D eigenvalue weighted by molar-refractivity contribution is -0.141. The molecule has 33 heavy (non-hydrogen) atoms. The number of carbonyl (C=O) groups excluding carboxylic acids is 2. The van der Waals surface area contributed by atoms with Gasteiger partial charge in [-0.1, -0.05) is 58.4 Å². The highest BCUT2D eigenvalue weighted by Crippen LogP contribution is 2.27. The summed E-state index contributed by atoms with van der Waals surface area (Å²) in [7, 11) is 0. The van der Waals surface area contributed by atoms with Crippen molar-refractivity contribution in [3.8, 4) is 0 Å². The van der Waals surface area contributed by atoms with Gasteiger partial charge in [-0.2, -0.15) is 5.48 Å². The fraction of sp³-hybridized carbons (Fsp3) is 0.273. The van der Waals surface area contributed by atoms with E-state index >= 15 is 0 Å². The van der Waals surface area contributed by atoms with Gasteiger partial charge >= 0.3 is 5.97 Å². The number of halogens is 1. The van der Waals surface area contributed by atoms with Gasteiger partial charge in [0.2, 0.25) is 5.91 Å². The topological polar surface area (TPSA) is 181 Å². The fourth-order valence-electron chi connectivity index (χ4n) is 3.42. The number of nitrogens with two attached hydrogens (primary N) is 2. The van der Waals surface area contributed by atoms with Crippen LogP contribution in [0, 0.1) is 5.41 Å². The number of amidine groups is 1. The Kier molecular flexibility index (Phi) is 7.59. The first-order valence-electron chi connectivity index (χ1n) is 10.1. The molecule has 0 unspecified atom stereocenters. The van der Waals surface area contributed by atoms with E-state index < -0.39 is 35.8 Å². The molecule has 0 spiro atoms. The van der Waals surface area contributed by atoms with Crippen LogP contribution in [-0.2, 0) is 14.4 Å². The first-order chi connectivity index (χ1) is 15.6. The molecule has 1 heterocycles. The van der Waals surface area contributed by atoms with E-state index in [1.54, 1.807) is 30.3 Å². The minimum absolute atomic E-state index is 0.0258. The third kappa shape index (κ3) is 5.63. The fourth-order valence-corrected chi connectivity index (χ4v) is 3.88. The molecular formula is C22H24BrN5O5. The maximum absolute atomic E-state index is 12.8. The van der Waals surface area contributed by atoms with E-state index in [1.165, 1.54) is 6.07 Å². The number of nitrogen functional groups attached to an aromatic ring is 1. The lowest BCUT2D eigenvalue weighted by Gasteiger charge is -2.24. The molecule has 2 aromatic rings. The number of hydroxylamine groups is 1. The molecule has 0 aliphatic carbocycles. The summed E-state index contributed by atoms with van der Waals surface area (Å²) in [5.41, 5.74) is 13.6. The molecule has 10 nitrogen and oxygen atoms in total. The Morgan fingerprint density at radius 3 is 2.48 bits per heavy atom. The molecule has 1 aliphatic heterocycles. The molecule has 0 bridgehead atoms. The summed E-state index contributed by atoms with van der Waals surface area (Å²) in [6.07, 6.45) is -0.0120. The SMILES string of the molecule is N=C(N)c1ccc([C@@H]2C[C@H](CC(=O)NC[C@@](N)(C(=O)O)C(=O)c3ccccc3Br)ON2)cc1. The number of aliphatic carboxylic acids is 1. The summed E-state index contributed by atoms with van der Waals surface area (Å²) in [6, 6.07) is 13.3. The van der Waals surface area contributed by atoms with Crippen molar-refractivity contribution in [1.29, 1.82) is 5.41 Å². The van der Waals surface area contributed by atoms with Crippen LogP contribution in [0.15, 0.2) is 53.0 Å². The normalized spacial score (nSPS) is 19.5. The Balaban J connectivity index is 1.57. The van der Waals surface area contributed by atoms with Gasteiger partial charge in [0.05, 0.1) is 25.1 Å². The number of carboxylic acid groups (broad SMARTS) is 1. The Morgan fingerprint density at radius 2 is 1.88 bits per heavy atom. The van der Waals surface area contributed by atoms with E-state index in [2.05, 4.69) is 26.7 Å². The molecule has 8 N–H and O–H groups in total. The Labute approximate surface area is 198 Å². The number of rotatable bonds is 9. The number of carboxylic acids is 1. The van der Waals surface area contributed by atoms with Gasteiger partial charge < -0.3 is 21.9 Å². The Morgan fingerprint density at radius 1 is 1.21 bits per heavy atom. The third-order valence-electron chi connectivity index (χ3n) is 5.38. The van der Waals surface area contributed by atoms with Crippen LogP contribution in [-0.4, -0.2) is 46.8 Å². The van der Waals surface area contributed by atoms with Crippen molar-refractivity contribution < 1.29 is 24.3 Å². The maximum atomic E-state index is 12.8. The second kappa shape index (κ2) is 10.2. The number of carbonyl (C=O) groups is 3. The number of nitrogens with one attached hydrogen (secondary N) is 3. The van der Waals surface area contributed by atoms with Crippen LogP contribution in [0.5, 0.6) is 0 Å². The average molecular weight is 518 g/mol. The maximum Gasteiger partial charge on any atom is 0.333 e. The number of amides is 1. The molecule has 3 atom stereocenters. The third-order valence-corrected chi connectivity index (χ3v) is 6.07. The van der Waals surface area contributed by atoms with Crippen LogP contribution < -0.4 is 22.3 Å². The number of benzene rings is 2. The first kappa shape index (κ1) is 24.5. The minimum Gasteiger partial charge on any atom is -0.479 e. The second-order valence-electron chi connectivity index (χ2n) is 7.75. The molecule has 3 rings (SSSR count). The van der Waals surface area contributed by atoms with Crippen LogP contribution >= 0.6 is 15.9 Å². The summed E-state index contributed by atoms with van der Waals surface area (Å²) in [5, 5.41) is 19.5. The summed E-state index contributed by atoms with van der Waals surface area (Å²) in [4.78, 5) is 42.5. The van der Waals surface area contributed by atoms with Gasteiger partial charge in [0.15, 0.2) is 11.3 Å². The average Bonchev–Trinajstić information content (AvgIpc) is 3.25. The lowest BCUT2D eigenvalue weighted by atomic mass is 9.90. The van der Waals surface area contributed by atoms with Gasteiger partial charge in [-0.25, -0.2) is 4.79 Å². The van der Waals surface area contributed by atoms with E-state index in [4.69, 9.17) is 21.7 Å². The van der Waals surface area contributed by atoms with Gasteiger partial charge in [-0.3, -0.25) is 19.8 Å². The monoisotopic (exact) mass is 517 g/mol.